The summed E-state index contributed by atoms with van der Waals surface area (Å²) in [5, 5.41) is 26.3. The van der Waals surface area contributed by atoms with E-state index in [1.165, 1.54) is 49.6 Å². The minimum atomic E-state index is -3.97. The van der Waals surface area contributed by atoms with E-state index < -0.39 is 27.8 Å². The van der Waals surface area contributed by atoms with Crippen LogP contribution in [0.1, 0.15) is 22.7 Å². The molecule has 3 aromatic rings. The maximum Gasteiger partial charge on any atom is 0.300 e. The number of amides is 1. The normalized spacial score (nSPS) is 17.6. The molecule has 1 fully saturated rings. The quantitative estimate of drug-likeness (QED) is 0.281. The Bertz CT molecular complexity index is 1460. The van der Waals surface area contributed by atoms with E-state index in [9.17, 15) is 28.2 Å². The zero-order valence-corrected chi connectivity index (χ0v) is 19.6. The number of hydrogen-bond acceptors (Lipinski definition) is 7. The number of hydrogen-bond donors (Lipinski definition) is 3. The number of ketones is 1. The van der Waals surface area contributed by atoms with Crippen LogP contribution in [0.3, 0.4) is 0 Å². The maximum absolute atomic E-state index is 13.2. The van der Waals surface area contributed by atoms with Crippen molar-refractivity contribution >= 4 is 33.2 Å². The molecule has 4 rings (SSSR count). The Kier molecular flexibility index (Phi) is 6.10. The lowest BCUT2D eigenvalue weighted by Crippen LogP contribution is -2.29. The molecule has 1 atom stereocenters. The van der Waals surface area contributed by atoms with Crippen molar-refractivity contribution in [2.24, 2.45) is 5.14 Å². The van der Waals surface area contributed by atoms with Gasteiger partial charge in [0.15, 0.2) is 11.5 Å². The zero-order chi connectivity index (χ0) is 25.5. The van der Waals surface area contributed by atoms with Gasteiger partial charge in [-0.2, -0.15) is 0 Å². The molecule has 0 aliphatic carbocycles. The monoisotopic (exact) mass is 494 g/mol. The highest BCUT2D eigenvalue weighted by atomic mass is 32.2. The van der Waals surface area contributed by atoms with Crippen molar-refractivity contribution in [2.45, 2.75) is 17.9 Å². The maximum atomic E-state index is 13.2. The third kappa shape index (κ3) is 4.36. The summed E-state index contributed by atoms with van der Waals surface area (Å²) in [7, 11) is -2.62. The standard InChI is InChI=1S/C25H22N2O7S/c1-14-3-5-15(6-4-14)23(29)21-22(16-7-12-19(28)20(13-16)34-2)27(25(31)24(21)30)17-8-10-18(11-9-17)35(26,32)33/h3-13,22,28-29H,1-2H3,(H2,26,32,33)/b23-21+. The molecular weight excluding hydrogens is 472 g/mol. The number of anilines is 1. The summed E-state index contributed by atoms with van der Waals surface area (Å²) in [5.74, 6) is -2.25. The number of phenols is 1. The van der Waals surface area contributed by atoms with Crippen molar-refractivity contribution in [3.8, 4) is 11.5 Å². The Morgan fingerprint density at radius 1 is 1.00 bits per heavy atom. The summed E-state index contributed by atoms with van der Waals surface area (Å²) >= 11 is 0. The molecule has 9 nitrogen and oxygen atoms in total. The molecule has 0 bridgehead atoms. The summed E-state index contributed by atoms with van der Waals surface area (Å²) in [6.07, 6.45) is 0. The number of benzene rings is 3. The number of ether oxygens (including phenoxy) is 1. The fourth-order valence-corrected chi connectivity index (χ4v) is 4.46. The number of aliphatic hydroxyl groups is 1. The topological polar surface area (TPSA) is 147 Å². The Morgan fingerprint density at radius 2 is 1.63 bits per heavy atom. The van der Waals surface area contributed by atoms with Crippen LogP contribution in [0.15, 0.2) is 77.2 Å². The molecule has 0 saturated carbocycles. The summed E-state index contributed by atoms with van der Waals surface area (Å²) in [4.78, 5) is 27.4. The Morgan fingerprint density at radius 3 is 2.20 bits per heavy atom. The number of nitrogens with two attached hydrogens (primary N) is 1. The minimum Gasteiger partial charge on any atom is -0.507 e. The number of sulfonamides is 1. The number of rotatable bonds is 5. The van der Waals surface area contributed by atoms with Gasteiger partial charge in [-0.05, 0) is 48.9 Å². The van der Waals surface area contributed by atoms with E-state index >= 15 is 0 Å². The molecule has 0 radical (unpaired) electrons. The molecule has 1 aliphatic rings. The van der Waals surface area contributed by atoms with Gasteiger partial charge in [-0.1, -0.05) is 35.9 Å². The highest BCUT2D eigenvalue weighted by Gasteiger charge is 2.47. The molecule has 35 heavy (non-hydrogen) atoms. The first-order valence-electron chi connectivity index (χ1n) is 10.4. The summed E-state index contributed by atoms with van der Waals surface area (Å²) in [6, 6.07) is 15.1. The van der Waals surface area contributed by atoms with Crippen LogP contribution >= 0.6 is 0 Å². The van der Waals surface area contributed by atoms with Crippen molar-refractivity contribution in [3.05, 3.63) is 89.0 Å². The zero-order valence-electron chi connectivity index (χ0n) is 18.8. The van der Waals surface area contributed by atoms with Gasteiger partial charge in [0, 0.05) is 11.3 Å². The number of aryl methyl sites for hydroxylation is 1. The van der Waals surface area contributed by atoms with E-state index in [2.05, 4.69) is 0 Å². The van der Waals surface area contributed by atoms with Crippen LogP contribution in [0.5, 0.6) is 11.5 Å². The van der Waals surface area contributed by atoms with Crippen LogP contribution in [-0.4, -0.2) is 37.4 Å². The van der Waals surface area contributed by atoms with E-state index in [1.54, 1.807) is 24.3 Å². The van der Waals surface area contributed by atoms with Crippen molar-refractivity contribution in [1.29, 1.82) is 0 Å². The van der Waals surface area contributed by atoms with Gasteiger partial charge in [-0.15, -0.1) is 0 Å². The van der Waals surface area contributed by atoms with Gasteiger partial charge in [-0.25, -0.2) is 13.6 Å². The van der Waals surface area contributed by atoms with Crippen molar-refractivity contribution < 1.29 is 33.0 Å². The van der Waals surface area contributed by atoms with E-state index in [0.29, 0.717) is 11.1 Å². The SMILES string of the molecule is COc1cc(C2/C(=C(\O)c3ccc(C)cc3)C(=O)C(=O)N2c2ccc(S(N)(=O)=O)cc2)ccc1O. The van der Waals surface area contributed by atoms with Gasteiger partial charge in [0.25, 0.3) is 11.7 Å². The second kappa shape index (κ2) is 8.90. The highest BCUT2D eigenvalue weighted by Crippen LogP contribution is 2.44. The molecule has 1 aliphatic heterocycles. The number of methoxy groups -OCH3 is 1. The Hall–Kier alpha value is -4.15. The molecule has 1 saturated heterocycles. The first kappa shape index (κ1) is 24.0. The average Bonchev–Trinajstić information content (AvgIpc) is 3.09. The predicted molar refractivity (Wildman–Crippen MR) is 128 cm³/mol. The van der Waals surface area contributed by atoms with E-state index in [0.717, 1.165) is 10.5 Å². The van der Waals surface area contributed by atoms with Crippen molar-refractivity contribution in [2.75, 3.05) is 12.0 Å². The Balaban J connectivity index is 1.95. The number of nitrogens with zero attached hydrogens (tertiary/aromatic N) is 1. The number of Topliss-reactive ketones (excluding diaryl/α,β-unsaturated/α-hetero) is 1. The third-order valence-electron chi connectivity index (χ3n) is 5.73. The lowest BCUT2D eigenvalue weighted by atomic mass is 9.94. The number of aliphatic hydroxyl groups excluding tert-OH is 1. The molecule has 1 unspecified atom stereocenters. The predicted octanol–water partition coefficient (Wildman–Crippen LogP) is 2.98. The lowest BCUT2D eigenvalue weighted by molar-refractivity contribution is -0.132. The molecule has 3 aromatic carbocycles. The number of carbonyl (C=O) groups is 2. The van der Waals surface area contributed by atoms with Gasteiger partial charge < -0.3 is 14.9 Å². The molecule has 0 spiro atoms. The average molecular weight is 495 g/mol. The van der Waals surface area contributed by atoms with E-state index in [1.807, 2.05) is 6.92 Å². The highest BCUT2D eigenvalue weighted by molar-refractivity contribution is 7.89. The number of phenolic OH excluding ortho intramolecular Hbond substituents is 1. The fraction of sp³-hybridized carbons (Fsp3) is 0.120. The lowest BCUT2D eigenvalue weighted by Gasteiger charge is -2.26. The number of primary sulfonamides is 1. The van der Waals surface area contributed by atoms with Gasteiger partial charge in [0.1, 0.15) is 5.76 Å². The van der Waals surface area contributed by atoms with Gasteiger partial charge in [0.2, 0.25) is 10.0 Å². The van der Waals surface area contributed by atoms with E-state index in [-0.39, 0.29) is 33.4 Å². The summed E-state index contributed by atoms with van der Waals surface area (Å²) in [6.45, 7) is 1.87. The first-order chi connectivity index (χ1) is 16.5. The largest absolute Gasteiger partial charge is 0.507 e. The van der Waals surface area contributed by atoms with Crippen molar-refractivity contribution in [3.63, 3.8) is 0 Å². The third-order valence-corrected chi connectivity index (χ3v) is 6.66. The molecule has 10 heteroatoms. The molecule has 1 amide bonds. The molecular formula is C25H22N2O7S. The summed E-state index contributed by atoms with van der Waals surface area (Å²) < 4.78 is 28.5. The first-order valence-corrected chi connectivity index (χ1v) is 12.0. The molecule has 1 heterocycles. The number of carbonyl (C=O) groups excluding carboxylic acids is 2. The molecule has 180 valence electrons. The smallest absolute Gasteiger partial charge is 0.300 e. The van der Waals surface area contributed by atoms with Crippen LogP contribution < -0.4 is 14.8 Å². The van der Waals surface area contributed by atoms with Crippen molar-refractivity contribution in [1.82, 2.24) is 0 Å². The van der Waals surface area contributed by atoms with Crippen LogP contribution in [0.25, 0.3) is 5.76 Å². The van der Waals surface area contributed by atoms with Crippen LogP contribution in [0.2, 0.25) is 0 Å². The van der Waals surface area contributed by atoms with E-state index in [4.69, 9.17) is 9.88 Å². The fourth-order valence-electron chi connectivity index (χ4n) is 3.94. The summed E-state index contributed by atoms with van der Waals surface area (Å²) in [5.41, 5.74) is 1.70. The molecule has 4 N–H and O–H groups in total. The Labute approximate surface area is 201 Å². The molecule has 0 aromatic heterocycles. The second-order valence-electron chi connectivity index (χ2n) is 8.01. The van der Waals surface area contributed by atoms with Gasteiger partial charge in [-0.3, -0.25) is 14.5 Å². The van der Waals surface area contributed by atoms with Crippen LogP contribution in [0.4, 0.5) is 5.69 Å². The van der Waals surface area contributed by atoms with Crippen LogP contribution in [-0.2, 0) is 19.6 Å². The van der Waals surface area contributed by atoms with Gasteiger partial charge in [0.05, 0.1) is 23.6 Å². The number of aromatic hydroxyl groups is 1. The van der Waals surface area contributed by atoms with Gasteiger partial charge >= 0.3 is 0 Å². The minimum absolute atomic E-state index is 0.105. The second-order valence-corrected chi connectivity index (χ2v) is 9.57. The van der Waals surface area contributed by atoms with Crippen LogP contribution in [0, 0.1) is 6.92 Å².